The number of unbranched alkanes of at least 4 members (excludes halogenated alkanes) is 1. The maximum absolute atomic E-state index is 12.8. The summed E-state index contributed by atoms with van der Waals surface area (Å²) in [4.78, 5) is 72.4. The maximum atomic E-state index is 12.8. The second-order valence-corrected chi connectivity index (χ2v) is 26.6. The average Bonchev–Trinajstić information content (AvgIpc) is 3.34. The first-order chi connectivity index (χ1) is 34.7. The molecule has 73 heavy (non-hydrogen) atoms. The fourth-order valence-electron chi connectivity index (χ4n) is 16.5. The van der Waals surface area contributed by atoms with Crippen molar-refractivity contribution in [3.63, 3.8) is 0 Å². The van der Waals surface area contributed by atoms with E-state index in [2.05, 4.69) is 20.8 Å². The highest BCUT2D eigenvalue weighted by Gasteiger charge is 2.64. The highest BCUT2D eigenvalue weighted by molar-refractivity contribution is 5.78. The molecule has 12 aliphatic carbocycles. The first-order valence-corrected chi connectivity index (χ1v) is 29.8. The number of rotatable bonds is 21. The van der Waals surface area contributed by atoms with Crippen molar-refractivity contribution in [2.45, 2.75) is 235 Å². The van der Waals surface area contributed by atoms with Crippen molar-refractivity contribution in [3.8, 4) is 0 Å². The summed E-state index contributed by atoms with van der Waals surface area (Å²) in [5, 5.41) is 0. The van der Waals surface area contributed by atoms with Crippen LogP contribution in [-0.2, 0) is 57.2 Å². The normalized spacial score (nSPS) is 36.8. The van der Waals surface area contributed by atoms with Crippen LogP contribution in [0.3, 0.4) is 0 Å². The van der Waals surface area contributed by atoms with Crippen molar-refractivity contribution in [2.24, 2.45) is 93.7 Å². The third-order valence-electron chi connectivity index (χ3n) is 20.5. The molecule has 0 spiro atoms. The summed E-state index contributed by atoms with van der Waals surface area (Å²) < 4.78 is 33.6. The number of hydrogen-bond donors (Lipinski definition) is 0. The van der Waals surface area contributed by atoms with E-state index in [1.165, 1.54) is 103 Å². The number of ether oxygens (including phenoxy) is 6. The predicted molar refractivity (Wildman–Crippen MR) is 278 cm³/mol. The number of carbonyl (C=O) groups excluding carboxylic acids is 6. The fourth-order valence-corrected chi connectivity index (χ4v) is 16.5. The van der Waals surface area contributed by atoms with Gasteiger partial charge >= 0.3 is 35.8 Å². The molecule has 12 bridgehead atoms. The maximum Gasteiger partial charge on any atom is 0.344 e. The molecule has 12 saturated carbocycles. The van der Waals surface area contributed by atoms with Gasteiger partial charge in [-0.3, -0.25) is 24.0 Å². The number of esters is 6. The van der Waals surface area contributed by atoms with Crippen LogP contribution >= 0.6 is 0 Å². The molecule has 0 saturated heterocycles. The van der Waals surface area contributed by atoms with E-state index in [1.807, 2.05) is 48.5 Å². The summed E-state index contributed by atoms with van der Waals surface area (Å²) in [6.07, 6.45) is 25.1. The molecular formula is C61H98O12. The van der Waals surface area contributed by atoms with Gasteiger partial charge in [0.2, 0.25) is 0 Å². The zero-order valence-electron chi connectivity index (χ0n) is 47.0. The van der Waals surface area contributed by atoms with E-state index in [9.17, 15) is 28.8 Å². The Morgan fingerprint density at radius 1 is 0.548 bits per heavy atom. The van der Waals surface area contributed by atoms with Crippen LogP contribution < -0.4 is 0 Å². The Morgan fingerprint density at radius 2 is 0.986 bits per heavy atom. The van der Waals surface area contributed by atoms with Gasteiger partial charge in [0.15, 0.2) is 6.61 Å². The number of carbonyl (C=O) groups is 6. The summed E-state index contributed by atoms with van der Waals surface area (Å²) in [5.74, 6) is 6.17. The molecule has 5 atom stereocenters. The van der Waals surface area contributed by atoms with E-state index < -0.39 is 5.41 Å². The van der Waals surface area contributed by atoms with Crippen LogP contribution in [0.2, 0.25) is 0 Å². The first-order valence-electron chi connectivity index (χ1n) is 29.8. The summed E-state index contributed by atoms with van der Waals surface area (Å²) >= 11 is 0. The van der Waals surface area contributed by atoms with Crippen LogP contribution in [-0.4, -0.2) is 73.4 Å². The third kappa shape index (κ3) is 13.9. The standard InChI is InChI=1S/C24H40O4.C19H30O4.C18H28O4/c1-6-8-9-17(4)24(28-21(25)15-27-22(26)16(3)7-2)19-10-18-11-20(24)14-23(5,12-18)13-19;1-4-19(2,3)18(21)22-6-5-16(20)23-17-14-8-12-7-13(10-14)11-15(17)9-12;1-3-11(2)18(20)21-5-4-16(19)22-17-14-7-12-6-13(9-14)10-15(17)8-12/h16-20H,6-15H2,1-5H3;12-15,17H,4-11H2,1-3H3;11-15,17H,3-10H2,1-2H3. The van der Waals surface area contributed by atoms with Gasteiger partial charge in [-0.1, -0.05) is 68.2 Å². The molecule has 0 radical (unpaired) electrons. The molecule has 414 valence electrons. The largest absolute Gasteiger partial charge is 0.465 e. The highest BCUT2D eigenvalue weighted by atomic mass is 16.6. The quantitative estimate of drug-likeness (QED) is 0.0793. The van der Waals surface area contributed by atoms with Gasteiger partial charge in [-0.2, -0.15) is 0 Å². The lowest BCUT2D eigenvalue weighted by Crippen LogP contribution is -2.65. The van der Waals surface area contributed by atoms with Crippen LogP contribution in [0.4, 0.5) is 0 Å². The Labute approximate surface area is 439 Å². The molecule has 12 aliphatic rings. The SMILES string of the molecule is CCC(C)(C)C(=O)OCCC(=O)OC1C2CC3CC(C2)CC1C3.CCC(C)C(=O)OCCC(=O)OC1C2CC3CC(C2)CC1C3.CCCCC(C)C1(OC(=O)COC(=O)C(C)CC)C2CC3CC1CC(C)(C3)C2. The van der Waals surface area contributed by atoms with E-state index in [-0.39, 0.29) is 98.1 Å². The van der Waals surface area contributed by atoms with Crippen LogP contribution in [0.15, 0.2) is 0 Å². The van der Waals surface area contributed by atoms with Crippen molar-refractivity contribution in [1.82, 2.24) is 0 Å². The zero-order chi connectivity index (χ0) is 52.8. The molecular weight excluding hydrogens is 925 g/mol. The second kappa shape index (κ2) is 24.9. The third-order valence-corrected chi connectivity index (χ3v) is 20.5. The Bertz CT molecular complexity index is 1830. The molecule has 0 heterocycles. The smallest absolute Gasteiger partial charge is 0.344 e. The monoisotopic (exact) mass is 1020 g/mol. The lowest BCUT2D eigenvalue weighted by molar-refractivity contribution is -0.243. The highest BCUT2D eigenvalue weighted by Crippen LogP contribution is 2.66. The minimum absolute atomic E-state index is 0.0968. The van der Waals surface area contributed by atoms with Crippen LogP contribution in [0.25, 0.3) is 0 Å². The molecule has 0 aromatic carbocycles. The van der Waals surface area contributed by atoms with Crippen LogP contribution in [0.5, 0.6) is 0 Å². The lowest BCUT2D eigenvalue weighted by Gasteiger charge is -2.65. The van der Waals surface area contributed by atoms with Crippen molar-refractivity contribution in [3.05, 3.63) is 0 Å². The van der Waals surface area contributed by atoms with Gasteiger partial charge in [0.25, 0.3) is 0 Å². The van der Waals surface area contributed by atoms with Crippen molar-refractivity contribution < 1.29 is 57.2 Å². The molecule has 0 aliphatic heterocycles. The summed E-state index contributed by atoms with van der Waals surface area (Å²) in [7, 11) is 0. The Balaban J connectivity index is 0.000000162. The van der Waals surface area contributed by atoms with Gasteiger partial charge < -0.3 is 28.4 Å². The molecule has 12 fully saturated rings. The Hall–Kier alpha value is -3.18. The van der Waals surface area contributed by atoms with Gasteiger partial charge in [-0.15, -0.1) is 0 Å². The molecule has 5 unspecified atom stereocenters. The van der Waals surface area contributed by atoms with Crippen LogP contribution in [0.1, 0.15) is 217 Å². The molecule has 0 N–H and O–H groups in total. The van der Waals surface area contributed by atoms with E-state index >= 15 is 0 Å². The molecule has 12 heteroatoms. The molecule has 12 rings (SSSR count). The van der Waals surface area contributed by atoms with E-state index in [1.54, 1.807) is 0 Å². The molecule has 0 aromatic rings. The summed E-state index contributed by atoms with van der Waals surface area (Å²) in [5.41, 5.74) is -0.406. The Morgan fingerprint density at radius 3 is 1.40 bits per heavy atom. The van der Waals surface area contributed by atoms with Gasteiger partial charge in [-0.05, 0) is 200 Å². The van der Waals surface area contributed by atoms with Crippen LogP contribution in [0, 0.1) is 93.7 Å². The topological polar surface area (TPSA) is 158 Å². The van der Waals surface area contributed by atoms with Crippen molar-refractivity contribution in [1.29, 1.82) is 0 Å². The first kappa shape index (κ1) is 57.5. The average molecular weight is 1020 g/mol. The van der Waals surface area contributed by atoms with Gasteiger partial charge in [-0.25, -0.2) is 4.79 Å². The molecule has 0 aromatic heterocycles. The summed E-state index contributed by atoms with van der Waals surface area (Å²) in [6.45, 7) is 20.2. The van der Waals surface area contributed by atoms with E-state index in [4.69, 9.17) is 28.4 Å². The van der Waals surface area contributed by atoms with Gasteiger partial charge in [0, 0.05) is 11.8 Å². The fraction of sp³-hybridized carbons (Fsp3) is 0.902. The molecule has 0 amide bonds. The van der Waals surface area contributed by atoms with Crippen molar-refractivity contribution >= 4 is 35.8 Å². The Kier molecular flexibility index (Phi) is 19.6. The minimum atomic E-state index is -0.481. The molecule has 12 nitrogen and oxygen atoms in total. The summed E-state index contributed by atoms with van der Waals surface area (Å²) in [6, 6.07) is 0. The predicted octanol–water partition coefficient (Wildman–Crippen LogP) is 12.6. The minimum Gasteiger partial charge on any atom is -0.465 e. The number of hydrogen-bond acceptors (Lipinski definition) is 12. The lowest BCUT2D eigenvalue weighted by atomic mass is 9.43. The van der Waals surface area contributed by atoms with Crippen molar-refractivity contribution in [2.75, 3.05) is 19.8 Å². The van der Waals surface area contributed by atoms with E-state index in [0.29, 0.717) is 46.8 Å². The van der Waals surface area contributed by atoms with Gasteiger partial charge in [0.1, 0.15) is 31.0 Å². The zero-order valence-corrected chi connectivity index (χ0v) is 47.0. The van der Waals surface area contributed by atoms with E-state index in [0.717, 1.165) is 61.7 Å². The second-order valence-electron chi connectivity index (χ2n) is 26.6. The van der Waals surface area contributed by atoms with Gasteiger partial charge in [0.05, 0.1) is 30.1 Å².